The fraction of sp³-hybridized carbons (Fsp3) is 0.387. The average Bonchev–Trinajstić information content (AvgIpc) is 3.80. The van der Waals surface area contributed by atoms with Crippen molar-refractivity contribution in [2.45, 2.75) is 25.9 Å². The summed E-state index contributed by atoms with van der Waals surface area (Å²) in [5, 5.41) is 1.15. The van der Waals surface area contributed by atoms with Gasteiger partial charge in [0.15, 0.2) is 0 Å². The Balaban J connectivity index is 1.18. The number of aryl methyl sites for hydroxylation is 1. The highest BCUT2D eigenvalue weighted by molar-refractivity contribution is 5.85. The van der Waals surface area contributed by atoms with Crippen LogP contribution in [0.4, 0.5) is 0 Å². The molecular weight excluding hydrogens is 518 g/mol. The minimum absolute atomic E-state index is 0.0487. The van der Waals surface area contributed by atoms with E-state index in [1.807, 2.05) is 52.9 Å². The van der Waals surface area contributed by atoms with Crippen LogP contribution in [0.1, 0.15) is 24.1 Å². The van der Waals surface area contributed by atoms with E-state index < -0.39 is 0 Å². The molecule has 10 nitrogen and oxygen atoms in total. The number of H-pyrrole nitrogens is 2. The molecule has 2 aliphatic rings. The second kappa shape index (κ2) is 10.7. The highest BCUT2D eigenvalue weighted by atomic mass is 16.5. The number of aromatic nitrogens is 5. The molecule has 41 heavy (non-hydrogen) atoms. The smallest absolute Gasteiger partial charge is 0.243 e. The molecule has 7 rings (SSSR count). The van der Waals surface area contributed by atoms with Crippen molar-refractivity contribution >= 4 is 27.8 Å². The number of benzene rings is 2. The first-order valence-electron chi connectivity index (χ1n) is 14.3. The Morgan fingerprint density at radius 2 is 2.02 bits per heavy atom. The molecule has 2 aliphatic heterocycles. The van der Waals surface area contributed by atoms with E-state index in [0.717, 1.165) is 90.0 Å². The van der Waals surface area contributed by atoms with Gasteiger partial charge in [0.25, 0.3) is 0 Å². The molecule has 0 radical (unpaired) electrons. The summed E-state index contributed by atoms with van der Waals surface area (Å²) in [5.74, 6) is 2.93. The quantitative estimate of drug-likeness (QED) is 0.314. The van der Waals surface area contributed by atoms with Crippen LogP contribution >= 0.6 is 0 Å². The molecule has 10 heteroatoms. The zero-order valence-corrected chi connectivity index (χ0v) is 23.5. The molecule has 0 saturated carbocycles. The predicted molar refractivity (Wildman–Crippen MR) is 157 cm³/mol. The molecule has 5 aromatic rings. The van der Waals surface area contributed by atoms with Gasteiger partial charge < -0.3 is 28.9 Å². The molecule has 2 saturated heterocycles. The van der Waals surface area contributed by atoms with Crippen LogP contribution in [0.5, 0.6) is 5.75 Å². The van der Waals surface area contributed by atoms with Gasteiger partial charge >= 0.3 is 0 Å². The number of nitrogens with zero attached hydrogens (tertiary/aromatic N) is 5. The summed E-state index contributed by atoms with van der Waals surface area (Å²) in [6.07, 6.45) is 2.96. The lowest BCUT2D eigenvalue weighted by Gasteiger charge is -2.41. The number of para-hydroxylation sites is 1. The van der Waals surface area contributed by atoms with Crippen LogP contribution in [0.2, 0.25) is 0 Å². The highest BCUT2D eigenvalue weighted by Crippen LogP contribution is 2.30. The van der Waals surface area contributed by atoms with E-state index in [9.17, 15) is 4.79 Å². The predicted octanol–water partition coefficient (Wildman–Crippen LogP) is 4.15. The number of carbonyl (C=O) groups excluding carboxylic acids is 1. The molecule has 0 aliphatic carbocycles. The summed E-state index contributed by atoms with van der Waals surface area (Å²) in [6.45, 7) is 6.95. The maximum Gasteiger partial charge on any atom is 0.243 e. The average molecular weight is 554 g/mol. The summed E-state index contributed by atoms with van der Waals surface area (Å²) >= 11 is 0. The fourth-order valence-electron chi connectivity index (χ4n) is 6.27. The van der Waals surface area contributed by atoms with E-state index in [0.29, 0.717) is 12.5 Å². The van der Waals surface area contributed by atoms with Crippen LogP contribution in [-0.4, -0.2) is 86.7 Å². The number of rotatable bonds is 7. The third-order valence-corrected chi connectivity index (χ3v) is 8.50. The second-order valence-corrected chi connectivity index (χ2v) is 11.1. The Morgan fingerprint density at radius 3 is 2.85 bits per heavy atom. The van der Waals surface area contributed by atoms with Gasteiger partial charge in [0.2, 0.25) is 5.91 Å². The normalized spacial score (nSPS) is 19.9. The van der Waals surface area contributed by atoms with E-state index >= 15 is 0 Å². The Kier molecular flexibility index (Phi) is 6.72. The van der Waals surface area contributed by atoms with E-state index in [2.05, 4.69) is 38.1 Å². The van der Waals surface area contributed by atoms with Crippen molar-refractivity contribution in [3.8, 4) is 17.1 Å². The number of hydrogen-bond acceptors (Lipinski definition) is 6. The number of hydrogen-bond donors (Lipinski definition) is 2. The summed E-state index contributed by atoms with van der Waals surface area (Å²) in [6, 6.07) is 15.9. The van der Waals surface area contributed by atoms with Crippen LogP contribution in [0, 0.1) is 12.8 Å². The van der Waals surface area contributed by atoms with Crippen LogP contribution in [0.3, 0.4) is 0 Å². The van der Waals surface area contributed by atoms with E-state index in [4.69, 9.17) is 14.5 Å². The van der Waals surface area contributed by atoms with Crippen molar-refractivity contribution in [3.63, 3.8) is 0 Å². The van der Waals surface area contributed by atoms with Crippen molar-refractivity contribution in [2.75, 3.05) is 46.5 Å². The van der Waals surface area contributed by atoms with Gasteiger partial charge in [-0.2, -0.15) is 0 Å². The number of carbonyl (C=O) groups is 1. The third-order valence-electron chi connectivity index (χ3n) is 8.50. The van der Waals surface area contributed by atoms with Crippen LogP contribution < -0.4 is 4.74 Å². The minimum atomic E-state index is -0.193. The summed E-state index contributed by atoms with van der Waals surface area (Å²) in [5.41, 5.74) is 4.72. The van der Waals surface area contributed by atoms with Gasteiger partial charge in [0.1, 0.15) is 30.0 Å². The number of aromatic amines is 2. The SMILES string of the molecule is COc1ccc2nc(C)n(CC(=O)N3CCN(CC4CCOC4)C[C@H]3c3ncc(-c4cc5ccccc5[nH]4)[nH]3)c2c1. The number of methoxy groups -OCH3 is 1. The standard InChI is InChI=1S/C31H35N7O3/c1-20-33-25-8-7-23(40-2)14-28(25)38(20)18-30(39)37-11-10-36(16-21-9-12-41-19-21)17-29(37)31-32-15-27(35-31)26-13-22-5-3-4-6-24(22)34-26/h3-8,13-15,21,29,34H,9-12,16-19H2,1-2H3,(H,32,35)/t21?,29-/m0/s1. The first-order valence-corrected chi connectivity index (χ1v) is 14.3. The molecule has 0 bridgehead atoms. The lowest BCUT2D eigenvalue weighted by Crippen LogP contribution is -2.52. The Bertz CT molecular complexity index is 1660. The van der Waals surface area contributed by atoms with Gasteiger partial charge in [-0.05, 0) is 43.5 Å². The van der Waals surface area contributed by atoms with Gasteiger partial charge in [0, 0.05) is 49.8 Å². The van der Waals surface area contributed by atoms with Crippen LogP contribution in [0.15, 0.2) is 54.7 Å². The number of nitrogens with one attached hydrogen (secondary N) is 2. The molecule has 2 N–H and O–H groups in total. The summed E-state index contributed by atoms with van der Waals surface area (Å²) in [4.78, 5) is 35.0. The van der Waals surface area contributed by atoms with Crippen molar-refractivity contribution in [2.24, 2.45) is 5.92 Å². The zero-order valence-electron chi connectivity index (χ0n) is 23.5. The number of ether oxygens (including phenoxy) is 2. The van der Waals surface area contributed by atoms with E-state index in [1.54, 1.807) is 7.11 Å². The van der Waals surface area contributed by atoms with Crippen LogP contribution in [-0.2, 0) is 16.1 Å². The van der Waals surface area contributed by atoms with Gasteiger partial charge in [-0.25, -0.2) is 9.97 Å². The molecular formula is C31H35N7O3. The zero-order chi connectivity index (χ0) is 27.9. The molecule has 2 fully saturated rings. The van der Waals surface area contributed by atoms with E-state index in [1.165, 1.54) is 0 Å². The van der Waals surface area contributed by atoms with Crippen LogP contribution in [0.25, 0.3) is 33.3 Å². The number of piperazine rings is 1. The molecule has 2 atom stereocenters. The van der Waals surface area contributed by atoms with Crippen molar-refractivity contribution in [1.29, 1.82) is 0 Å². The second-order valence-electron chi connectivity index (χ2n) is 11.1. The Labute approximate surface area is 238 Å². The molecule has 0 spiro atoms. The molecule has 1 unspecified atom stereocenters. The maximum absolute atomic E-state index is 14.0. The van der Waals surface area contributed by atoms with Crippen molar-refractivity contribution in [3.05, 3.63) is 66.4 Å². The molecule has 1 amide bonds. The van der Waals surface area contributed by atoms with Gasteiger partial charge in [0.05, 0.1) is 42.3 Å². The lowest BCUT2D eigenvalue weighted by atomic mass is 10.1. The summed E-state index contributed by atoms with van der Waals surface area (Å²) < 4.78 is 13.1. The fourth-order valence-corrected chi connectivity index (χ4v) is 6.27. The third kappa shape index (κ3) is 4.98. The molecule has 5 heterocycles. The minimum Gasteiger partial charge on any atom is -0.497 e. The van der Waals surface area contributed by atoms with Gasteiger partial charge in [-0.15, -0.1) is 0 Å². The molecule has 212 valence electrons. The first-order chi connectivity index (χ1) is 20.1. The number of fused-ring (bicyclic) bond motifs is 2. The number of amides is 1. The molecule has 2 aromatic carbocycles. The Hall–Kier alpha value is -4.15. The number of imidazole rings is 2. The van der Waals surface area contributed by atoms with Gasteiger partial charge in [-0.1, -0.05) is 18.2 Å². The first kappa shape index (κ1) is 25.8. The Morgan fingerprint density at radius 1 is 1.12 bits per heavy atom. The van der Waals surface area contributed by atoms with Crippen molar-refractivity contribution < 1.29 is 14.3 Å². The largest absolute Gasteiger partial charge is 0.497 e. The topological polar surface area (TPSA) is 104 Å². The monoisotopic (exact) mass is 553 g/mol. The van der Waals surface area contributed by atoms with Gasteiger partial charge in [-0.3, -0.25) is 9.69 Å². The highest BCUT2D eigenvalue weighted by Gasteiger charge is 2.35. The molecule has 3 aromatic heterocycles. The van der Waals surface area contributed by atoms with E-state index in [-0.39, 0.29) is 18.5 Å². The maximum atomic E-state index is 14.0. The summed E-state index contributed by atoms with van der Waals surface area (Å²) in [7, 11) is 1.65. The lowest BCUT2D eigenvalue weighted by molar-refractivity contribution is -0.137. The van der Waals surface area contributed by atoms with Crippen molar-refractivity contribution in [1.82, 2.24) is 34.3 Å².